The summed E-state index contributed by atoms with van der Waals surface area (Å²) >= 11 is 0. The lowest BCUT2D eigenvalue weighted by atomic mass is 9.66. The molecule has 3 heterocycles. The smallest absolute Gasteiger partial charge is 0.164 e. The number of rotatable bonds is 5. The summed E-state index contributed by atoms with van der Waals surface area (Å²) in [4.78, 5) is 15.4. The molecule has 0 bridgehead atoms. The van der Waals surface area contributed by atoms with Gasteiger partial charge in [0.25, 0.3) is 0 Å². The zero-order chi connectivity index (χ0) is 47.7. The average molecular weight is 921 g/mol. The van der Waals surface area contributed by atoms with Gasteiger partial charge in [-0.1, -0.05) is 190 Å². The van der Waals surface area contributed by atoms with Crippen molar-refractivity contribution in [1.29, 1.82) is 0 Å². The Bertz CT molecular complexity index is 4110. The van der Waals surface area contributed by atoms with Crippen LogP contribution < -0.4 is 4.74 Å². The van der Waals surface area contributed by atoms with Gasteiger partial charge in [-0.05, 0) is 110 Å². The van der Waals surface area contributed by atoms with Gasteiger partial charge in [-0.15, -0.1) is 0 Å². The van der Waals surface area contributed by atoms with Gasteiger partial charge in [0.2, 0.25) is 0 Å². The first-order valence-corrected chi connectivity index (χ1v) is 24.8. The van der Waals surface area contributed by atoms with E-state index in [2.05, 4.69) is 213 Å². The summed E-state index contributed by atoms with van der Waals surface area (Å²) in [5, 5.41) is 2.53. The molecule has 12 aromatic rings. The number of ether oxygens (including phenoxy) is 1. The number of para-hydroxylation sites is 3. The molecule has 0 atom stereocenters. The molecule has 0 N–H and O–H groups in total. The minimum absolute atomic E-state index is 0.129. The molecule has 1 spiro atoms. The summed E-state index contributed by atoms with van der Waals surface area (Å²) in [6.45, 7) is 4.73. The minimum Gasteiger partial charge on any atom is -0.457 e. The van der Waals surface area contributed by atoms with Crippen molar-refractivity contribution in [3.8, 4) is 84.7 Å². The van der Waals surface area contributed by atoms with Gasteiger partial charge in [0.05, 0.1) is 16.4 Å². The lowest BCUT2D eigenvalue weighted by Crippen LogP contribution is -2.32. The molecule has 0 fully saturated rings. The van der Waals surface area contributed by atoms with Gasteiger partial charge in [0.1, 0.15) is 11.5 Å². The molecule has 0 amide bonds. The van der Waals surface area contributed by atoms with Crippen LogP contribution in [0, 0.1) is 0 Å². The third kappa shape index (κ3) is 5.67. The lowest BCUT2D eigenvalue weighted by molar-refractivity contribution is 0.436. The zero-order valence-corrected chi connectivity index (χ0v) is 39.6. The van der Waals surface area contributed by atoms with Gasteiger partial charge in [0.15, 0.2) is 17.5 Å². The van der Waals surface area contributed by atoms with Crippen LogP contribution in [0.5, 0.6) is 11.5 Å². The van der Waals surface area contributed by atoms with E-state index in [4.69, 9.17) is 19.7 Å². The fourth-order valence-electron chi connectivity index (χ4n) is 12.5. The number of nitrogens with zero attached hydrogens (tertiary/aromatic N) is 4. The Morgan fingerprint density at radius 2 is 0.833 bits per heavy atom. The van der Waals surface area contributed by atoms with Crippen molar-refractivity contribution in [3.05, 3.63) is 264 Å². The van der Waals surface area contributed by atoms with Crippen LogP contribution in [0.25, 0.3) is 95.0 Å². The molecule has 72 heavy (non-hydrogen) atoms. The molecular formula is C67H44N4O. The molecule has 1 aliphatic heterocycles. The van der Waals surface area contributed by atoms with E-state index >= 15 is 0 Å². The topological polar surface area (TPSA) is 52.8 Å². The molecule has 15 rings (SSSR count). The number of benzene rings is 10. The second kappa shape index (κ2) is 15.2. The maximum atomic E-state index is 6.74. The largest absolute Gasteiger partial charge is 0.457 e. The van der Waals surface area contributed by atoms with Crippen LogP contribution in [0.15, 0.2) is 231 Å². The van der Waals surface area contributed by atoms with E-state index in [1.165, 1.54) is 60.8 Å². The molecule has 338 valence electrons. The Morgan fingerprint density at radius 1 is 0.361 bits per heavy atom. The summed E-state index contributed by atoms with van der Waals surface area (Å²) in [6, 6.07) is 83.0. The first kappa shape index (κ1) is 40.7. The van der Waals surface area contributed by atoms with Crippen molar-refractivity contribution in [2.24, 2.45) is 0 Å². The van der Waals surface area contributed by atoms with E-state index in [-0.39, 0.29) is 5.41 Å². The molecule has 2 aliphatic carbocycles. The van der Waals surface area contributed by atoms with Gasteiger partial charge in [-0.2, -0.15) is 0 Å². The van der Waals surface area contributed by atoms with Crippen molar-refractivity contribution in [1.82, 2.24) is 19.5 Å². The molecule has 0 saturated heterocycles. The average Bonchev–Trinajstić information content (AvgIpc) is 4.02. The minimum atomic E-state index is -0.648. The molecule has 0 radical (unpaired) electrons. The van der Waals surface area contributed by atoms with Gasteiger partial charge >= 0.3 is 0 Å². The summed E-state index contributed by atoms with van der Waals surface area (Å²) in [6.07, 6.45) is 0. The summed E-state index contributed by atoms with van der Waals surface area (Å²) in [5.74, 6) is 3.60. The molecule has 10 aromatic carbocycles. The van der Waals surface area contributed by atoms with Crippen LogP contribution in [0.1, 0.15) is 47.2 Å². The van der Waals surface area contributed by atoms with Crippen molar-refractivity contribution in [2.75, 3.05) is 0 Å². The van der Waals surface area contributed by atoms with E-state index in [9.17, 15) is 0 Å². The monoisotopic (exact) mass is 920 g/mol. The third-order valence-corrected chi connectivity index (χ3v) is 15.7. The van der Waals surface area contributed by atoms with E-state index in [0.717, 1.165) is 61.7 Å². The van der Waals surface area contributed by atoms with Gasteiger partial charge in [-0.25, -0.2) is 15.0 Å². The first-order valence-electron chi connectivity index (χ1n) is 24.8. The van der Waals surface area contributed by atoms with E-state index in [1.807, 2.05) is 36.4 Å². The van der Waals surface area contributed by atoms with Crippen molar-refractivity contribution in [3.63, 3.8) is 0 Å². The highest BCUT2D eigenvalue weighted by Gasteiger charge is 2.51. The molecule has 5 nitrogen and oxygen atoms in total. The summed E-state index contributed by atoms with van der Waals surface area (Å²) in [7, 11) is 0. The third-order valence-electron chi connectivity index (χ3n) is 15.7. The maximum Gasteiger partial charge on any atom is 0.164 e. The number of hydrogen-bond donors (Lipinski definition) is 0. The Hall–Kier alpha value is -9.19. The van der Waals surface area contributed by atoms with Crippen LogP contribution in [0.4, 0.5) is 0 Å². The van der Waals surface area contributed by atoms with Gasteiger partial charge in [0, 0.05) is 49.7 Å². The highest BCUT2D eigenvalue weighted by molar-refractivity contribution is 6.18. The Balaban J connectivity index is 0.982. The van der Waals surface area contributed by atoms with Crippen molar-refractivity contribution >= 4 is 21.8 Å². The lowest BCUT2D eigenvalue weighted by Gasteiger charge is -2.39. The Morgan fingerprint density at radius 3 is 1.47 bits per heavy atom. The molecule has 2 aromatic heterocycles. The fraction of sp³-hybridized carbons (Fsp3) is 0.0597. The van der Waals surface area contributed by atoms with Crippen LogP contribution in [0.3, 0.4) is 0 Å². The predicted octanol–water partition coefficient (Wildman–Crippen LogP) is 16.4. The molecule has 5 heteroatoms. The number of hydrogen-bond acceptors (Lipinski definition) is 4. The Kier molecular flexibility index (Phi) is 8.56. The second-order valence-electron chi connectivity index (χ2n) is 19.9. The van der Waals surface area contributed by atoms with Crippen LogP contribution in [0.2, 0.25) is 0 Å². The Labute approximate surface area is 417 Å². The van der Waals surface area contributed by atoms with Crippen molar-refractivity contribution < 1.29 is 4.74 Å². The second-order valence-corrected chi connectivity index (χ2v) is 19.9. The predicted molar refractivity (Wildman–Crippen MR) is 291 cm³/mol. The quantitative estimate of drug-likeness (QED) is 0.173. The maximum absolute atomic E-state index is 6.74. The zero-order valence-electron chi connectivity index (χ0n) is 39.6. The molecular weight excluding hydrogens is 877 g/mol. The summed E-state index contributed by atoms with van der Waals surface area (Å²) in [5.41, 5.74) is 20.2. The van der Waals surface area contributed by atoms with Crippen LogP contribution >= 0.6 is 0 Å². The van der Waals surface area contributed by atoms with Crippen LogP contribution in [-0.2, 0) is 10.8 Å². The van der Waals surface area contributed by atoms with E-state index in [1.54, 1.807) is 0 Å². The SMILES string of the molecule is CC1(C)c2ccccc2-c2c1ccc1c2c2cc(-c3ccc4c(c3)-c3cc(-c5nc(-c6ccccc6)nc(-c6ccccc6)n5)ccc3C43c4ccccc4Oc4ccccc43)ccc2n1-c1ccccc1. The molecule has 0 saturated carbocycles. The summed E-state index contributed by atoms with van der Waals surface area (Å²) < 4.78 is 9.18. The van der Waals surface area contributed by atoms with Crippen molar-refractivity contribution in [2.45, 2.75) is 24.7 Å². The van der Waals surface area contributed by atoms with E-state index < -0.39 is 5.41 Å². The highest BCUT2D eigenvalue weighted by atomic mass is 16.5. The van der Waals surface area contributed by atoms with Gasteiger partial charge < -0.3 is 9.30 Å². The fourth-order valence-corrected chi connectivity index (χ4v) is 12.5. The van der Waals surface area contributed by atoms with Crippen LogP contribution in [-0.4, -0.2) is 19.5 Å². The normalized spacial score (nSPS) is 14.0. The standard InChI is InChI=1S/C67H44N4O/c1-66(2)51-25-13-12-24-47(51)61-56(66)35-37-58-62(61)50-39-44(32-36-57(50)71(58)46-22-10-5-11-23-46)43-30-33-52-48(38-43)49-40-45(65-69-63(41-18-6-3-7-19-41)68-64(70-65)42-20-8-4-9-21-42)31-34-53(49)67(52)54-26-14-16-28-59(54)72-60-29-17-15-27-55(60)67/h3-40H,1-2H3. The number of aromatic nitrogens is 4. The first-order chi connectivity index (χ1) is 35.4. The number of fused-ring (bicyclic) bond motifs is 16. The molecule has 0 unspecified atom stereocenters. The van der Waals surface area contributed by atoms with Gasteiger partial charge in [-0.3, -0.25) is 0 Å². The highest BCUT2D eigenvalue weighted by Crippen LogP contribution is 2.63. The van der Waals surface area contributed by atoms with E-state index in [0.29, 0.717) is 17.5 Å². The molecule has 3 aliphatic rings.